The normalized spacial score (nSPS) is 13.1. The molecule has 1 aromatic carbocycles. The van der Waals surface area contributed by atoms with Gasteiger partial charge in [-0.15, -0.1) is 0 Å². The second-order valence-corrected chi connectivity index (χ2v) is 10.2. The minimum atomic E-state index is -2.51. The molecule has 0 fully saturated rings. The lowest BCUT2D eigenvalue weighted by Gasteiger charge is -2.12. The van der Waals surface area contributed by atoms with Crippen LogP contribution in [0.3, 0.4) is 0 Å². The summed E-state index contributed by atoms with van der Waals surface area (Å²) in [6, 6.07) is 8.04. The van der Waals surface area contributed by atoms with E-state index in [1.54, 1.807) is 21.8 Å². The highest BCUT2D eigenvalue weighted by molar-refractivity contribution is 7.91. The van der Waals surface area contributed by atoms with Crippen LogP contribution in [0.1, 0.15) is 6.42 Å². The van der Waals surface area contributed by atoms with Crippen LogP contribution in [0.5, 0.6) is 0 Å². The topological polar surface area (TPSA) is 114 Å². The number of anilines is 1. The molecule has 0 aliphatic heterocycles. The van der Waals surface area contributed by atoms with Gasteiger partial charge in [0.2, 0.25) is 0 Å². The van der Waals surface area contributed by atoms with Crippen LogP contribution >= 0.6 is 0 Å². The van der Waals surface area contributed by atoms with Crippen LogP contribution in [0.25, 0.3) is 33.6 Å². The predicted octanol–water partition coefficient (Wildman–Crippen LogP) is 3.42. The molecule has 10 heteroatoms. The number of nitrogens with zero attached hydrogens (tertiary/aromatic N) is 6. The lowest BCUT2D eigenvalue weighted by atomic mass is 10.1. The average molecular weight is 451 g/mol. The highest BCUT2D eigenvalue weighted by Crippen LogP contribution is 2.29. The summed E-state index contributed by atoms with van der Waals surface area (Å²) < 4.78 is 22.8. The molecule has 166 valence electrons. The molecule has 32 heavy (non-hydrogen) atoms. The molecule has 0 radical (unpaired) electrons. The van der Waals surface area contributed by atoms with Gasteiger partial charge in [0.15, 0.2) is 5.82 Å². The molecule has 4 rings (SSSR count). The Bertz CT molecular complexity index is 1340. The molecule has 3 aromatic heterocycles. The van der Waals surface area contributed by atoms with Crippen molar-refractivity contribution in [1.29, 1.82) is 4.78 Å². The molecule has 0 bridgehead atoms. The van der Waals surface area contributed by atoms with E-state index in [9.17, 15) is 4.21 Å². The molecule has 9 nitrogen and oxygen atoms in total. The van der Waals surface area contributed by atoms with E-state index >= 15 is 0 Å². The van der Waals surface area contributed by atoms with Gasteiger partial charge in [-0.1, -0.05) is 18.2 Å². The first kappa shape index (κ1) is 21.7. The first-order valence-corrected chi connectivity index (χ1v) is 12.3. The fraction of sp³-hybridized carbons (Fsp3) is 0.273. The van der Waals surface area contributed by atoms with Gasteiger partial charge < -0.3 is 5.32 Å². The van der Waals surface area contributed by atoms with Crippen LogP contribution in [0.4, 0.5) is 5.82 Å². The van der Waals surface area contributed by atoms with Gasteiger partial charge in [-0.05, 0) is 18.1 Å². The van der Waals surface area contributed by atoms with Crippen molar-refractivity contribution in [2.45, 2.75) is 6.42 Å². The largest absolute Gasteiger partial charge is 0.369 e. The second kappa shape index (κ2) is 8.91. The Hall–Kier alpha value is -3.53. The van der Waals surface area contributed by atoms with Crippen LogP contribution in [-0.4, -0.2) is 52.3 Å². The van der Waals surface area contributed by atoms with Crippen molar-refractivity contribution in [1.82, 2.24) is 29.5 Å². The number of benzene rings is 1. The van der Waals surface area contributed by atoms with E-state index in [2.05, 4.69) is 20.5 Å². The predicted molar refractivity (Wildman–Crippen MR) is 127 cm³/mol. The van der Waals surface area contributed by atoms with Gasteiger partial charge in [0.05, 0.1) is 12.4 Å². The first-order chi connectivity index (χ1) is 15.3. The van der Waals surface area contributed by atoms with Crippen LogP contribution < -0.4 is 5.32 Å². The van der Waals surface area contributed by atoms with Crippen LogP contribution in [0.2, 0.25) is 0 Å². The molecular formula is C22H26N8OS. The van der Waals surface area contributed by atoms with E-state index in [4.69, 9.17) is 9.76 Å². The third-order valence-corrected chi connectivity index (χ3v) is 6.03. The summed E-state index contributed by atoms with van der Waals surface area (Å²) in [5.41, 5.74) is 4.71. The number of rotatable bonds is 8. The van der Waals surface area contributed by atoms with E-state index in [0.29, 0.717) is 30.4 Å². The Balaban J connectivity index is 1.66. The van der Waals surface area contributed by atoms with Crippen molar-refractivity contribution in [2.75, 3.05) is 23.9 Å². The van der Waals surface area contributed by atoms with Crippen molar-refractivity contribution < 1.29 is 4.21 Å². The number of aromatic nitrogens is 6. The molecule has 1 unspecified atom stereocenters. The summed E-state index contributed by atoms with van der Waals surface area (Å²) in [4.78, 5) is 9.42. The maximum atomic E-state index is 11.7. The van der Waals surface area contributed by atoms with E-state index in [-0.39, 0.29) is 0 Å². The van der Waals surface area contributed by atoms with Gasteiger partial charge in [-0.25, -0.2) is 9.97 Å². The maximum absolute atomic E-state index is 11.7. The molecular weight excluding hydrogens is 424 g/mol. The van der Waals surface area contributed by atoms with Crippen molar-refractivity contribution in [3.05, 3.63) is 55.2 Å². The Morgan fingerprint density at radius 1 is 1.00 bits per heavy atom. The third-order valence-electron chi connectivity index (χ3n) is 4.97. The van der Waals surface area contributed by atoms with E-state index < -0.39 is 9.73 Å². The van der Waals surface area contributed by atoms with Crippen molar-refractivity contribution in [3.63, 3.8) is 0 Å². The third kappa shape index (κ3) is 5.20. The summed E-state index contributed by atoms with van der Waals surface area (Å²) in [5, 5.41) is 11.8. The summed E-state index contributed by atoms with van der Waals surface area (Å²) in [5.74, 6) is 1.63. The molecule has 0 saturated carbocycles. The fourth-order valence-corrected chi connectivity index (χ4v) is 4.08. The number of hydrogen-bond donors (Lipinski definition) is 2. The van der Waals surface area contributed by atoms with E-state index in [1.165, 1.54) is 6.26 Å². The number of nitrogens with one attached hydrogen (secondary N) is 2. The molecule has 0 amide bonds. The monoisotopic (exact) mass is 450 g/mol. The molecule has 0 aliphatic carbocycles. The highest BCUT2D eigenvalue weighted by atomic mass is 32.2. The molecule has 1 atom stereocenters. The summed E-state index contributed by atoms with van der Waals surface area (Å²) in [6.45, 7) is 0.559. The standard InChI is InChI=1S/C22H26N8OS/c1-29-14-18(11-26-29)16-6-4-7-17(10-16)21-25-13-20(19-12-27-30(2)15-19)22(28-21)24-8-5-9-32(3,23)31/h4,6-7,10-15,23H,5,8-9H2,1-3H3,(H,24,25,28). The maximum Gasteiger partial charge on any atom is 0.161 e. The van der Waals surface area contributed by atoms with Crippen LogP contribution in [-0.2, 0) is 23.8 Å². The highest BCUT2D eigenvalue weighted by Gasteiger charge is 2.13. The minimum absolute atomic E-state index is 0.341. The van der Waals surface area contributed by atoms with Crippen molar-refractivity contribution >= 4 is 15.5 Å². The lowest BCUT2D eigenvalue weighted by molar-refractivity contribution is 0.677. The SMILES string of the molecule is Cn1cc(-c2cccc(-c3ncc(-c4cnn(C)c4)c(NCCCS(C)(=N)=O)n3)c2)cn1. The van der Waals surface area contributed by atoms with Gasteiger partial charge in [0.1, 0.15) is 5.82 Å². The Kier molecular flexibility index (Phi) is 6.04. The number of aryl methyl sites for hydroxylation is 2. The van der Waals surface area contributed by atoms with E-state index in [0.717, 1.165) is 27.8 Å². The van der Waals surface area contributed by atoms with Gasteiger partial charge in [-0.2, -0.15) is 10.2 Å². The Labute approximate surface area is 187 Å². The molecule has 4 aromatic rings. The van der Waals surface area contributed by atoms with Crippen molar-refractivity contribution in [2.24, 2.45) is 14.1 Å². The smallest absolute Gasteiger partial charge is 0.161 e. The lowest BCUT2D eigenvalue weighted by Crippen LogP contribution is -2.11. The zero-order valence-corrected chi connectivity index (χ0v) is 19.1. The summed E-state index contributed by atoms with van der Waals surface area (Å²) >= 11 is 0. The number of hydrogen-bond acceptors (Lipinski definition) is 7. The van der Waals surface area contributed by atoms with Gasteiger partial charge in [0, 0.05) is 83.2 Å². The fourth-order valence-electron chi connectivity index (χ4n) is 3.39. The second-order valence-electron chi connectivity index (χ2n) is 7.83. The van der Waals surface area contributed by atoms with Crippen molar-refractivity contribution in [3.8, 4) is 33.6 Å². The minimum Gasteiger partial charge on any atom is -0.369 e. The van der Waals surface area contributed by atoms with Gasteiger partial charge >= 0.3 is 0 Å². The van der Waals surface area contributed by atoms with Crippen LogP contribution in [0, 0.1) is 4.78 Å². The van der Waals surface area contributed by atoms with Gasteiger partial charge in [0.25, 0.3) is 0 Å². The summed E-state index contributed by atoms with van der Waals surface area (Å²) in [6.07, 6.45) is 11.4. The zero-order valence-electron chi connectivity index (χ0n) is 18.3. The molecule has 0 saturated heterocycles. The zero-order chi connectivity index (χ0) is 22.7. The Morgan fingerprint density at radius 3 is 2.34 bits per heavy atom. The Morgan fingerprint density at radius 2 is 1.69 bits per heavy atom. The first-order valence-electron chi connectivity index (χ1n) is 10.2. The molecule has 0 spiro atoms. The van der Waals surface area contributed by atoms with Gasteiger partial charge in [-0.3, -0.25) is 18.4 Å². The average Bonchev–Trinajstić information content (AvgIpc) is 3.39. The van der Waals surface area contributed by atoms with Crippen LogP contribution in [0.15, 0.2) is 55.2 Å². The molecule has 3 heterocycles. The molecule has 2 N–H and O–H groups in total. The van der Waals surface area contributed by atoms with E-state index in [1.807, 2.05) is 57.0 Å². The molecule has 0 aliphatic rings. The quantitative estimate of drug-likeness (QED) is 0.398. The summed E-state index contributed by atoms with van der Waals surface area (Å²) in [7, 11) is 1.24.